The number of rotatable bonds is 15. The summed E-state index contributed by atoms with van der Waals surface area (Å²) in [6.07, 6.45) is 15.2. The predicted octanol–water partition coefficient (Wildman–Crippen LogP) is 4.95. The highest BCUT2D eigenvalue weighted by Gasteiger charge is 2.27. The normalized spacial score (nSPS) is 18.5. The molecule has 0 fully saturated rings. The summed E-state index contributed by atoms with van der Waals surface area (Å²) in [6.45, 7) is 9.27. The van der Waals surface area contributed by atoms with E-state index in [9.17, 15) is 19.2 Å². The van der Waals surface area contributed by atoms with Crippen molar-refractivity contribution < 1.29 is 33.4 Å². The van der Waals surface area contributed by atoms with Crippen molar-refractivity contribution >= 4 is 35.5 Å². The number of alkyl carbamates (subject to hydrolysis) is 1. The predicted molar refractivity (Wildman–Crippen MR) is 163 cm³/mol. The van der Waals surface area contributed by atoms with E-state index in [0.29, 0.717) is 24.3 Å². The molecule has 1 aliphatic rings. The second kappa shape index (κ2) is 19.4. The van der Waals surface area contributed by atoms with Gasteiger partial charge in [0.15, 0.2) is 5.76 Å². The third kappa shape index (κ3) is 14.2. The minimum atomic E-state index is -0.760. The second-order valence-corrected chi connectivity index (χ2v) is 10.7. The van der Waals surface area contributed by atoms with Crippen LogP contribution < -0.4 is 16.0 Å². The third-order valence-electron chi connectivity index (χ3n) is 6.17. The van der Waals surface area contributed by atoms with Crippen LogP contribution in [0.2, 0.25) is 0 Å². The number of carbonyl (C=O) groups excluding carboxylic acids is 4. The molecule has 0 radical (unpaired) electrons. The molecule has 11 heteroatoms. The fraction of sp³-hybridized carbons (Fsp3) is 0.484. The summed E-state index contributed by atoms with van der Waals surface area (Å²) in [4.78, 5) is 48.7. The van der Waals surface area contributed by atoms with Crippen LogP contribution in [-0.2, 0) is 28.6 Å². The Morgan fingerprint density at radius 2 is 1.83 bits per heavy atom. The molecule has 4 atom stereocenters. The number of hydrogen-bond donors (Lipinski definition) is 3. The molecule has 0 aromatic carbocycles. The lowest BCUT2D eigenvalue weighted by Gasteiger charge is -2.25. The maximum atomic E-state index is 12.7. The molecule has 0 aliphatic carbocycles. The Hall–Kier alpha value is -3.79. The maximum Gasteiger partial charge on any atom is 0.407 e. The standard InChI is InChI=1S/C31H44ClN3O7/c1-20(2)28(29(37)34-18-10-12-24(15-14-23(5)32)41-31(39)33-6)35-27(36)13-9-8-11-21(3)19-22(4)25-16-17-26(40-7)30(38)42-25/h8-11,13-14,17-20,22,24-25,28H,12,15-16H2,1-7H3,(H,33,39)(H,34,37)(H,35,36)/b11-8-,13-9-,18-10-,21-19+,23-14+/t22-,24+,25-,28-/m0/s1. The van der Waals surface area contributed by atoms with E-state index in [0.717, 1.165) is 5.57 Å². The number of ether oxygens (including phenoxy) is 3. The Balaban J connectivity index is 2.64. The van der Waals surface area contributed by atoms with Gasteiger partial charge in [0.25, 0.3) is 0 Å². The number of hydrogen-bond acceptors (Lipinski definition) is 7. The van der Waals surface area contributed by atoms with Crippen LogP contribution >= 0.6 is 11.6 Å². The molecule has 1 rings (SSSR count). The van der Waals surface area contributed by atoms with E-state index in [2.05, 4.69) is 16.0 Å². The van der Waals surface area contributed by atoms with E-state index in [4.69, 9.17) is 25.8 Å². The summed E-state index contributed by atoms with van der Waals surface area (Å²) in [5, 5.41) is 8.39. The first-order valence-corrected chi connectivity index (χ1v) is 14.2. The van der Waals surface area contributed by atoms with E-state index in [-0.39, 0.29) is 29.6 Å². The van der Waals surface area contributed by atoms with Gasteiger partial charge in [-0.3, -0.25) is 9.59 Å². The lowest BCUT2D eigenvalue weighted by atomic mass is 9.97. The molecule has 232 valence electrons. The zero-order valence-corrected chi connectivity index (χ0v) is 26.2. The van der Waals surface area contributed by atoms with Gasteiger partial charge in [0.2, 0.25) is 11.8 Å². The Kier molecular flexibility index (Phi) is 16.7. The van der Waals surface area contributed by atoms with Crippen LogP contribution in [0.5, 0.6) is 0 Å². The Morgan fingerprint density at radius 1 is 1.14 bits per heavy atom. The summed E-state index contributed by atoms with van der Waals surface area (Å²) in [6, 6.07) is -0.760. The van der Waals surface area contributed by atoms with Gasteiger partial charge in [0, 0.05) is 43.3 Å². The van der Waals surface area contributed by atoms with Gasteiger partial charge < -0.3 is 30.2 Å². The second-order valence-electron chi connectivity index (χ2n) is 10.1. The fourth-order valence-corrected chi connectivity index (χ4v) is 3.94. The van der Waals surface area contributed by atoms with Crippen molar-refractivity contribution in [2.45, 2.75) is 72.1 Å². The molecule has 42 heavy (non-hydrogen) atoms. The third-order valence-corrected chi connectivity index (χ3v) is 6.33. The molecule has 0 bridgehead atoms. The topological polar surface area (TPSA) is 132 Å². The fourth-order valence-electron chi connectivity index (χ4n) is 3.85. The first kappa shape index (κ1) is 36.2. The van der Waals surface area contributed by atoms with Crippen molar-refractivity contribution in [2.75, 3.05) is 14.2 Å². The van der Waals surface area contributed by atoms with Gasteiger partial charge in [-0.2, -0.15) is 0 Å². The van der Waals surface area contributed by atoms with Crippen molar-refractivity contribution in [1.29, 1.82) is 0 Å². The first-order chi connectivity index (χ1) is 19.9. The molecule has 0 aromatic heterocycles. The summed E-state index contributed by atoms with van der Waals surface area (Å²) in [5.41, 5.74) is 0.938. The lowest BCUT2D eigenvalue weighted by Crippen LogP contribution is -2.48. The molecule has 0 saturated carbocycles. The van der Waals surface area contributed by atoms with Gasteiger partial charge in [-0.25, -0.2) is 9.59 Å². The highest BCUT2D eigenvalue weighted by Crippen LogP contribution is 2.22. The molecule has 3 N–H and O–H groups in total. The average molecular weight is 606 g/mol. The van der Waals surface area contributed by atoms with Crippen LogP contribution in [0.15, 0.2) is 71.2 Å². The van der Waals surface area contributed by atoms with Crippen molar-refractivity contribution in [3.63, 3.8) is 0 Å². The van der Waals surface area contributed by atoms with Crippen molar-refractivity contribution in [2.24, 2.45) is 11.8 Å². The van der Waals surface area contributed by atoms with E-state index in [1.54, 1.807) is 37.3 Å². The highest BCUT2D eigenvalue weighted by molar-refractivity contribution is 6.29. The SMILES string of the molecule is CNC(=O)O[C@H](C/C=C\NC(=O)[C@@H](NC(=O)\C=C/C=C\C(C)=C\[C@H](C)[C@@H]1CC=C(OC)C(=O)O1)C(C)C)C/C=C(\C)Cl. The number of cyclic esters (lactones) is 1. The largest absolute Gasteiger partial charge is 0.490 e. The van der Waals surface area contributed by atoms with Gasteiger partial charge in [-0.15, -0.1) is 0 Å². The van der Waals surface area contributed by atoms with Crippen LogP contribution in [0, 0.1) is 11.8 Å². The molecular weight excluding hydrogens is 562 g/mol. The molecule has 3 amide bonds. The van der Waals surface area contributed by atoms with Gasteiger partial charge in [-0.05, 0) is 32.0 Å². The van der Waals surface area contributed by atoms with Gasteiger partial charge in [0.1, 0.15) is 18.2 Å². The Labute approximate surface area is 253 Å². The number of carbonyl (C=O) groups is 4. The molecule has 1 aliphatic heterocycles. The maximum absolute atomic E-state index is 12.7. The quantitative estimate of drug-likeness (QED) is 0.137. The Bertz CT molecular complexity index is 1120. The number of halogens is 1. The Morgan fingerprint density at radius 3 is 2.43 bits per heavy atom. The molecule has 0 aromatic rings. The average Bonchev–Trinajstić information content (AvgIpc) is 2.94. The summed E-state index contributed by atoms with van der Waals surface area (Å²) >= 11 is 5.88. The first-order valence-electron chi connectivity index (χ1n) is 13.8. The van der Waals surface area contributed by atoms with Crippen LogP contribution in [0.1, 0.15) is 53.9 Å². The lowest BCUT2D eigenvalue weighted by molar-refractivity contribution is -0.151. The minimum absolute atomic E-state index is 0.0131. The van der Waals surface area contributed by atoms with Crippen LogP contribution in [0.3, 0.4) is 0 Å². The van der Waals surface area contributed by atoms with Gasteiger partial charge in [0.05, 0.1) is 7.11 Å². The smallest absolute Gasteiger partial charge is 0.407 e. The van der Waals surface area contributed by atoms with Gasteiger partial charge in [-0.1, -0.05) is 74.4 Å². The number of amides is 3. The van der Waals surface area contributed by atoms with Gasteiger partial charge >= 0.3 is 12.1 Å². The molecule has 0 unspecified atom stereocenters. The molecule has 1 heterocycles. The van der Waals surface area contributed by atoms with Crippen LogP contribution in [0.25, 0.3) is 0 Å². The van der Waals surface area contributed by atoms with Crippen molar-refractivity contribution in [1.82, 2.24) is 16.0 Å². The van der Waals surface area contributed by atoms with Crippen LogP contribution in [-0.4, -0.2) is 56.3 Å². The zero-order chi connectivity index (χ0) is 31.7. The number of allylic oxidation sites excluding steroid dienone is 5. The number of esters is 1. The van der Waals surface area contributed by atoms with E-state index in [1.165, 1.54) is 26.4 Å². The highest BCUT2D eigenvalue weighted by atomic mass is 35.5. The zero-order valence-electron chi connectivity index (χ0n) is 25.4. The number of nitrogens with one attached hydrogen (secondary N) is 3. The van der Waals surface area contributed by atoms with Crippen LogP contribution in [0.4, 0.5) is 4.79 Å². The van der Waals surface area contributed by atoms with Crippen molar-refractivity contribution in [3.8, 4) is 0 Å². The summed E-state index contributed by atoms with van der Waals surface area (Å²) in [5.74, 6) is -1.20. The molecular formula is C31H44ClN3O7. The molecule has 10 nitrogen and oxygen atoms in total. The van der Waals surface area contributed by atoms with Crippen molar-refractivity contribution in [3.05, 3.63) is 71.2 Å². The number of methoxy groups -OCH3 is 1. The molecule has 0 saturated heterocycles. The van der Waals surface area contributed by atoms with E-state index in [1.807, 2.05) is 39.8 Å². The minimum Gasteiger partial charge on any atom is -0.490 e. The summed E-state index contributed by atoms with van der Waals surface area (Å²) < 4.78 is 15.7. The molecule has 0 spiro atoms. The summed E-state index contributed by atoms with van der Waals surface area (Å²) in [7, 11) is 2.91. The van der Waals surface area contributed by atoms with E-state index >= 15 is 0 Å². The van der Waals surface area contributed by atoms with E-state index < -0.39 is 30.1 Å². The monoisotopic (exact) mass is 605 g/mol.